The molecule has 1 fully saturated rings. The summed E-state index contributed by atoms with van der Waals surface area (Å²) in [6.45, 7) is 7.77. The third-order valence-electron chi connectivity index (χ3n) is 4.14. The molecule has 0 amide bonds. The maximum absolute atomic E-state index is 4.67. The number of hydrogen-bond acceptors (Lipinski definition) is 2. The number of aromatic nitrogens is 2. The molecule has 0 spiro atoms. The number of rotatable bonds is 2. The number of benzene rings is 1. The number of hydrogen-bond donors (Lipinski definition) is 1. The molecule has 0 saturated carbocycles. The summed E-state index contributed by atoms with van der Waals surface area (Å²) >= 11 is 0. The van der Waals surface area contributed by atoms with E-state index in [0.29, 0.717) is 12.1 Å². The summed E-state index contributed by atoms with van der Waals surface area (Å²) in [4.78, 5) is 0. The maximum atomic E-state index is 4.67. The predicted molar refractivity (Wildman–Crippen MR) is 79.3 cm³/mol. The lowest BCUT2D eigenvalue weighted by Gasteiger charge is -2.28. The fourth-order valence-corrected chi connectivity index (χ4v) is 2.82. The Labute approximate surface area is 115 Å². The Balaban J connectivity index is 1.88. The van der Waals surface area contributed by atoms with Gasteiger partial charge in [-0.3, -0.25) is 4.68 Å². The lowest BCUT2D eigenvalue weighted by Crippen LogP contribution is -2.31. The fraction of sp³-hybridized carbons (Fsp3) is 0.562. The quantitative estimate of drug-likeness (QED) is 0.889. The highest BCUT2D eigenvalue weighted by Gasteiger charge is 2.19. The molecule has 0 radical (unpaired) electrons. The van der Waals surface area contributed by atoms with E-state index in [0.717, 1.165) is 18.0 Å². The summed E-state index contributed by atoms with van der Waals surface area (Å²) < 4.78 is 2.05. The zero-order chi connectivity index (χ0) is 13.4. The Morgan fingerprint density at radius 3 is 2.84 bits per heavy atom. The van der Waals surface area contributed by atoms with Gasteiger partial charge in [-0.15, -0.1) is 0 Å². The average Bonchev–Trinajstić information content (AvgIpc) is 2.82. The molecule has 102 valence electrons. The van der Waals surface area contributed by atoms with Crippen molar-refractivity contribution in [1.82, 2.24) is 15.1 Å². The molecule has 1 aliphatic heterocycles. The fourth-order valence-electron chi connectivity index (χ4n) is 2.82. The smallest absolute Gasteiger partial charge is 0.0926 e. The highest BCUT2D eigenvalue weighted by molar-refractivity contribution is 5.78. The second kappa shape index (κ2) is 4.97. The van der Waals surface area contributed by atoms with Gasteiger partial charge in [-0.05, 0) is 50.8 Å². The van der Waals surface area contributed by atoms with E-state index in [1.807, 2.05) is 4.68 Å². The molecule has 2 aromatic rings. The summed E-state index contributed by atoms with van der Waals surface area (Å²) in [7, 11) is 0. The largest absolute Gasteiger partial charge is 0.310 e. The lowest BCUT2D eigenvalue weighted by molar-refractivity contribution is 0.333. The Morgan fingerprint density at radius 1 is 1.32 bits per heavy atom. The van der Waals surface area contributed by atoms with Crippen molar-refractivity contribution in [3.63, 3.8) is 0 Å². The van der Waals surface area contributed by atoms with Gasteiger partial charge in [0.15, 0.2) is 0 Å². The minimum absolute atomic E-state index is 0.421. The van der Waals surface area contributed by atoms with Gasteiger partial charge >= 0.3 is 0 Å². The van der Waals surface area contributed by atoms with Gasteiger partial charge in [-0.2, -0.15) is 5.10 Å². The van der Waals surface area contributed by atoms with Gasteiger partial charge < -0.3 is 5.32 Å². The number of nitrogens with one attached hydrogen (secondary N) is 1. The molecule has 1 aromatic carbocycles. The van der Waals surface area contributed by atoms with Crippen molar-refractivity contribution in [3.05, 3.63) is 30.0 Å². The van der Waals surface area contributed by atoms with Crippen LogP contribution in [0.4, 0.5) is 0 Å². The molecule has 2 heterocycles. The monoisotopic (exact) mass is 257 g/mol. The summed E-state index contributed by atoms with van der Waals surface area (Å²) in [5.41, 5.74) is 2.50. The van der Waals surface area contributed by atoms with Crippen LogP contribution in [0.15, 0.2) is 24.4 Å². The Kier molecular flexibility index (Phi) is 3.31. The molecule has 1 saturated heterocycles. The third-order valence-corrected chi connectivity index (χ3v) is 4.14. The van der Waals surface area contributed by atoms with Crippen LogP contribution in [0.25, 0.3) is 10.9 Å². The molecular formula is C16H23N3. The van der Waals surface area contributed by atoms with Crippen molar-refractivity contribution in [2.75, 3.05) is 6.54 Å². The number of fused-ring (bicyclic) bond motifs is 1. The molecule has 3 heteroatoms. The minimum atomic E-state index is 0.421. The standard InChI is InChI=1S/C16H23N3/c1-11(2)19-10-14-6-5-13(8-16(14)18-19)15-7-4-12(3)9-17-15/h5-6,8,10-12,15,17H,4,7,9H2,1-3H3. The highest BCUT2D eigenvalue weighted by Crippen LogP contribution is 2.27. The molecule has 19 heavy (non-hydrogen) atoms. The molecule has 2 atom stereocenters. The number of piperidine rings is 1. The first-order valence-electron chi connectivity index (χ1n) is 7.35. The maximum Gasteiger partial charge on any atom is 0.0926 e. The molecule has 3 rings (SSSR count). The number of nitrogens with zero attached hydrogens (tertiary/aromatic N) is 2. The molecule has 2 unspecified atom stereocenters. The summed E-state index contributed by atoms with van der Waals surface area (Å²) in [5.74, 6) is 0.806. The van der Waals surface area contributed by atoms with E-state index in [1.165, 1.54) is 23.8 Å². The SMILES string of the molecule is CC1CCC(c2ccc3cn(C(C)C)nc3c2)NC1. The van der Waals surface area contributed by atoms with Crippen LogP contribution in [0.3, 0.4) is 0 Å². The van der Waals surface area contributed by atoms with E-state index >= 15 is 0 Å². The van der Waals surface area contributed by atoms with Gasteiger partial charge in [0.1, 0.15) is 0 Å². The van der Waals surface area contributed by atoms with Gasteiger partial charge in [0.2, 0.25) is 0 Å². The second-order valence-electron chi connectivity index (χ2n) is 6.16. The topological polar surface area (TPSA) is 29.9 Å². The Morgan fingerprint density at radius 2 is 2.16 bits per heavy atom. The van der Waals surface area contributed by atoms with E-state index in [2.05, 4.69) is 55.6 Å². The van der Waals surface area contributed by atoms with Crippen LogP contribution >= 0.6 is 0 Å². The van der Waals surface area contributed by atoms with Crippen LogP contribution in [0.2, 0.25) is 0 Å². The van der Waals surface area contributed by atoms with Crippen LogP contribution in [0.1, 0.15) is 51.3 Å². The Bertz CT molecular complexity index is 562. The van der Waals surface area contributed by atoms with E-state index in [-0.39, 0.29) is 0 Å². The van der Waals surface area contributed by atoms with Gasteiger partial charge in [0.25, 0.3) is 0 Å². The summed E-state index contributed by atoms with van der Waals surface area (Å²) in [5, 5.41) is 9.55. The summed E-state index contributed by atoms with van der Waals surface area (Å²) in [6, 6.07) is 7.63. The molecule has 1 aromatic heterocycles. The molecular weight excluding hydrogens is 234 g/mol. The van der Waals surface area contributed by atoms with Crippen molar-refractivity contribution in [2.24, 2.45) is 5.92 Å². The van der Waals surface area contributed by atoms with Crippen LogP contribution < -0.4 is 5.32 Å². The highest BCUT2D eigenvalue weighted by atomic mass is 15.3. The zero-order valence-electron chi connectivity index (χ0n) is 12.1. The molecule has 1 aliphatic rings. The first kappa shape index (κ1) is 12.7. The van der Waals surface area contributed by atoms with E-state index < -0.39 is 0 Å². The van der Waals surface area contributed by atoms with Gasteiger partial charge in [-0.25, -0.2) is 0 Å². The van der Waals surface area contributed by atoms with Crippen LogP contribution in [0, 0.1) is 5.92 Å². The van der Waals surface area contributed by atoms with Crippen molar-refractivity contribution in [3.8, 4) is 0 Å². The van der Waals surface area contributed by atoms with Gasteiger partial charge in [0.05, 0.1) is 5.52 Å². The van der Waals surface area contributed by atoms with Crippen LogP contribution in [-0.4, -0.2) is 16.3 Å². The second-order valence-corrected chi connectivity index (χ2v) is 6.16. The van der Waals surface area contributed by atoms with Crippen LogP contribution in [0.5, 0.6) is 0 Å². The van der Waals surface area contributed by atoms with Crippen molar-refractivity contribution < 1.29 is 0 Å². The van der Waals surface area contributed by atoms with Crippen molar-refractivity contribution in [2.45, 2.75) is 45.7 Å². The lowest BCUT2D eigenvalue weighted by atomic mass is 9.92. The van der Waals surface area contributed by atoms with Gasteiger partial charge in [-0.1, -0.05) is 19.1 Å². The first-order chi connectivity index (χ1) is 9.13. The van der Waals surface area contributed by atoms with Crippen molar-refractivity contribution in [1.29, 1.82) is 0 Å². The minimum Gasteiger partial charge on any atom is -0.310 e. The normalized spacial score (nSPS) is 24.2. The molecule has 0 aliphatic carbocycles. The third kappa shape index (κ3) is 2.52. The summed E-state index contributed by atoms with van der Waals surface area (Å²) in [6.07, 6.45) is 4.69. The molecule has 1 N–H and O–H groups in total. The predicted octanol–water partition coefficient (Wildman–Crippen LogP) is 3.68. The molecule has 0 bridgehead atoms. The zero-order valence-corrected chi connectivity index (χ0v) is 12.1. The van der Waals surface area contributed by atoms with E-state index in [9.17, 15) is 0 Å². The van der Waals surface area contributed by atoms with E-state index in [4.69, 9.17) is 0 Å². The first-order valence-corrected chi connectivity index (χ1v) is 7.35. The van der Waals surface area contributed by atoms with Gasteiger partial charge in [0, 0.05) is 23.7 Å². The Hall–Kier alpha value is -1.35. The van der Waals surface area contributed by atoms with Crippen LogP contribution in [-0.2, 0) is 0 Å². The van der Waals surface area contributed by atoms with Crippen molar-refractivity contribution >= 4 is 10.9 Å². The van der Waals surface area contributed by atoms with E-state index in [1.54, 1.807) is 0 Å². The molecule has 3 nitrogen and oxygen atoms in total. The average molecular weight is 257 g/mol.